The highest BCUT2D eigenvalue weighted by atomic mass is 19.4. The molecule has 0 amide bonds. The fraction of sp³-hybridized carbons (Fsp3) is 0.267. The molecule has 3 N–H and O–H groups in total. The molecule has 0 saturated heterocycles. The van der Waals surface area contributed by atoms with Crippen molar-refractivity contribution in [3.05, 3.63) is 36.0 Å². The lowest BCUT2D eigenvalue weighted by Crippen LogP contribution is -2.15. The first-order valence-corrected chi connectivity index (χ1v) is 7.41. The van der Waals surface area contributed by atoms with E-state index in [1.54, 1.807) is 0 Å². The Bertz CT molecular complexity index is 851. The highest BCUT2D eigenvalue weighted by molar-refractivity contribution is 5.77. The fourth-order valence-electron chi connectivity index (χ4n) is 2.30. The van der Waals surface area contributed by atoms with Crippen molar-refractivity contribution in [2.24, 2.45) is 0 Å². The zero-order chi connectivity index (χ0) is 16.7. The standard InChI is InChI=1S/C15H13F3N6/c16-15(17,18)9-7-19-13(23-12(9)20-8-5-6-8)24-14-21-10-3-1-2-4-11(10)22-14/h1-4,7-8H,5-6H2,(H3,19,20,21,22,23,24). The molecule has 124 valence electrons. The van der Waals surface area contributed by atoms with E-state index >= 15 is 0 Å². The lowest BCUT2D eigenvalue weighted by Gasteiger charge is -2.13. The van der Waals surface area contributed by atoms with Crippen molar-refractivity contribution in [3.8, 4) is 0 Å². The Morgan fingerprint density at radius 3 is 2.62 bits per heavy atom. The van der Waals surface area contributed by atoms with Gasteiger partial charge in [-0.2, -0.15) is 18.2 Å². The second-order valence-corrected chi connectivity index (χ2v) is 5.60. The van der Waals surface area contributed by atoms with Gasteiger partial charge >= 0.3 is 6.18 Å². The number of nitrogens with one attached hydrogen (secondary N) is 3. The molecule has 0 unspecified atom stereocenters. The highest BCUT2D eigenvalue weighted by Gasteiger charge is 2.36. The Balaban J connectivity index is 1.64. The Hall–Kier alpha value is -2.84. The largest absolute Gasteiger partial charge is 0.421 e. The minimum absolute atomic E-state index is 0.0417. The van der Waals surface area contributed by atoms with Crippen LogP contribution in [0.5, 0.6) is 0 Å². The number of nitrogens with zero attached hydrogens (tertiary/aromatic N) is 3. The number of para-hydroxylation sites is 2. The van der Waals surface area contributed by atoms with Gasteiger partial charge in [0.1, 0.15) is 11.4 Å². The molecular weight excluding hydrogens is 321 g/mol. The molecule has 0 aliphatic heterocycles. The first-order chi connectivity index (χ1) is 11.5. The number of hydrogen-bond donors (Lipinski definition) is 3. The van der Waals surface area contributed by atoms with E-state index in [4.69, 9.17) is 0 Å². The minimum atomic E-state index is -4.50. The van der Waals surface area contributed by atoms with Gasteiger partial charge in [0.15, 0.2) is 0 Å². The second kappa shape index (κ2) is 5.36. The molecule has 0 atom stereocenters. The number of hydrogen-bond acceptors (Lipinski definition) is 5. The smallest absolute Gasteiger partial charge is 0.367 e. The number of H-pyrrole nitrogens is 1. The highest BCUT2D eigenvalue weighted by Crippen LogP contribution is 2.36. The number of anilines is 3. The van der Waals surface area contributed by atoms with Crippen molar-refractivity contribution in [3.63, 3.8) is 0 Å². The lowest BCUT2D eigenvalue weighted by atomic mass is 10.3. The Morgan fingerprint density at radius 2 is 1.92 bits per heavy atom. The zero-order valence-electron chi connectivity index (χ0n) is 12.4. The molecule has 2 aromatic heterocycles. The molecule has 1 aliphatic rings. The molecule has 1 fully saturated rings. The summed E-state index contributed by atoms with van der Waals surface area (Å²) in [6.07, 6.45) is -2.04. The summed E-state index contributed by atoms with van der Waals surface area (Å²) in [6.45, 7) is 0. The summed E-state index contributed by atoms with van der Waals surface area (Å²) in [7, 11) is 0. The quantitative estimate of drug-likeness (QED) is 0.678. The van der Waals surface area contributed by atoms with Gasteiger partial charge in [-0.05, 0) is 25.0 Å². The van der Waals surface area contributed by atoms with E-state index in [1.807, 2.05) is 24.3 Å². The summed E-state index contributed by atoms with van der Waals surface area (Å²) >= 11 is 0. The molecule has 1 saturated carbocycles. The van der Waals surface area contributed by atoms with Crippen LogP contribution in [0.25, 0.3) is 11.0 Å². The average Bonchev–Trinajstić information content (AvgIpc) is 3.23. The van der Waals surface area contributed by atoms with E-state index < -0.39 is 11.7 Å². The SMILES string of the molecule is FC(F)(F)c1cnc(Nc2nc3ccccc3[nH]2)nc1NC1CC1. The van der Waals surface area contributed by atoms with Crippen LogP contribution in [0, 0.1) is 0 Å². The summed E-state index contributed by atoms with van der Waals surface area (Å²) in [5.41, 5.74) is 0.677. The fourth-order valence-corrected chi connectivity index (χ4v) is 2.30. The van der Waals surface area contributed by atoms with Crippen molar-refractivity contribution in [2.75, 3.05) is 10.6 Å². The third-order valence-corrected chi connectivity index (χ3v) is 3.63. The Labute approximate surface area is 134 Å². The zero-order valence-corrected chi connectivity index (χ0v) is 12.4. The third kappa shape index (κ3) is 2.97. The van der Waals surface area contributed by atoms with Crippen molar-refractivity contribution < 1.29 is 13.2 Å². The van der Waals surface area contributed by atoms with Gasteiger partial charge in [-0.15, -0.1) is 0 Å². The molecule has 9 heteroatoms. The van der Waals surface area contributed by atoms with Gasteiger partial charge in [0.25, 0.3) is 0 Å². The summed E-state index contributed by atoms with van der Waals surface area (Å²) in [4.78, 5) is 15.0. The van der Waals surface area contributed by atoms with Gasteiger partial charge < -0.3 is 10.3 Å². The van der Waals surface area contributed by atoms with Crippen molar-refractivity contribution in [1.82, 2.24) is 19.9 Å². The maximum absolute atomic E-state index is 13.1. The molecule has 6 nitrogen and oxygen atoms in total. The number of alkyl halides is 3. The number of aromatic amines is 1. The van der Waals surface area contributed by atoms with Gasteiger partial charge in [0.2, 0.25) is 11.9 Å². The molecular formula is C15H13F3N6. The molecule has 24 heavy (non-hydrogen) atoms. The molecule has 3 aromatic rings. The van der Waals surface area contributed by atoms with Gasteiger partial charge in [-0.1, -0.05) is 12.1 Å². The average molecular weight is 334 g/mol. The molecule has 0 spiro atoms. The van der Waals surface area contributed by atoms with E-state index in [0.717, 1.165) is 30.1 Å². The maximum Gasteiger partial charge on any atom is 0.421 e. The molecule has 4 rings (SSSR count). The lowest BCUT2D eigenvalue weighted by molar-refractivity contribution is -0.137. The molecule has 1 aromatic carbocycles. The van der Waals surface area contributed by atoms with Crippen LogP contribution in [0.3, 0.4) is 0 Å². The van der Waals surface area contributed by atoms with Gasteiger partial charge in [-0.3, -0.25) is 5.32 Å². The van der Waals surface area contributed by atoms with Crippen molar-refractivity contribution >= 4 is 28.7 Å². The van der Waals surface area contributed by atoms with Gasteiger partial charge in [-0.25, -0.2) is 9.97 Å². The van der Waals surface area contributed by atoms with Crippen LogP contribution in [0.4, 0.5) is 30.9 Å². The maximum atomic E-state index is 13.1. The van der Waals surface area contributed by atoms with E-state index in [2.05, 4.69) is 30.6 Å². The Kier molecular flexibility index (Phi) is 3.29. The van der Waals surface area contributed by atoms with Crippen LogP contribution in [0.2, 0.25) is 0 Å². The predicted octanol–water partition coefficient (Wildman–Crippen LogP) is 3.69. The normalized spacial score (nSPS) is 14.8. The van der Waals surface area contributed by atoms with E-state index in [9.17, 15) is 13.2 Å². The van der Waals surface area contributed by atoms with Crippen LogP contribution in [0.15, 0.2) is 30.5 Å². The predicted molar refractivity (Wildman–Crippen MR) is 83.1 cm³/mol. The number of halogens is 3. The summed E-state index contributed by atoms with van der Waals surface area (Å²) in [5, 5.41) is 5.61. The molecule has 0 bridgehead atoms. The van der Waals surface area contributed by atoms with Gasteiger partial charge in [0.05, 0.1) is 11.0 Å². The number of benzene rings is 1. The van der Waals surface area contributed by atoms with E-state index in [-0.39, 0.29) is 17.8 Å². The summed E-state index contributed by atoms with van der Waals surface area (Å²) in [5.74, 6) is 0.206. The minimum Gasteiger partial charge on any atom is -0.367 e. The topological polar surface area (TPSA) is 78.5 Å². The first-order valence-electron chi connectivity index (χ1n) is 7.41. The van der Waals surface area contributed by atoms with Crippen molar-refractivity contribution in [2.45, 2.75) is 25.1 Å². The Morgan fingerprint density at radius 1 is 1.12 bits per heavy atom. The first kappa shape index (κ1) is 14.7. The number of rotatable bonds is 4. The van der Waals surface area contributed by atoms with Gasteiger partial charge in [0, 0.05) is 12.2 Å². The summed E-state index contributed by atoms with van der Waals surface area (Å²) < 4.78 is 39.2. The number of aromatic nitrogens is 4. The molecule has 0 radical (unpaired) electrons. The van der Waals surface area contributed by atoms with Crippen LogP contribution in [-0.2, 0) is 6.18 Å². The number of imidazole rings is 1. The van der Waals surface area contributed by atoms with Crippen LogP contribution in [0.1, 0.15) is 18.4 Å². The van der Waals surface area contributed by atoms with Crippen LogP contribution < -0.4 is 10.6 Å². The molecule has 2 heterocycles. The second-order valence-electron chi connectivity index (χ2n) is 5.60. The van der Waals surface area contributed by atoms with Crippen LogP contribution >= 0.6 is 0 Å². The monoisotopic (exact) mass is 334 g/mol. The third-order valence-electron chi connectivity index (χ3n) is 3.63. The van der Waals surface area contributed by atoms with E-state index in [1.165, 1.54) is 0 Å². The van der Waals surface area contributed by atoms with E-state index in [0.29, 0.717) is 5.95 Å². The van der Waals surface area contributed by atoms with Crippen LogP contribution in [-0.4, -0.2) is 26.0 Å². The number of fused-ring (bicyclic) bond motifs is 1. The molecule has 1 aliphatic carbocycles. The summed E-state index contributed by atoms with van der Waals surface area (Å²) in [6, 6.07) is 7.42. The van der Waals surface area contributed by atoms with Crippen molar-refractivity contribution in [1.29, 1.82) is 0 Å².